The first kappa shape index (κ1) is 14.7. The smallest absolute Gasteiger partial charge is 0.136 e. The lowest BCUT2D eigenvalue weighted by molar-refractivity contribution is -0.706. The Balaban J connectivity index is 2.04. The molecule has 0 radical (unpaired) electrons. The fraction of sp³-hybridized carbons (Fsp3) is 0.600. The summed E-state index contributed by atoms with van der Waals surface area (Å²) in [5.74, 6) is 1.73. The third kappa shape index (κ3) is 3.86. The van der Waals surface area contributed by atoms with Crippen LogP contribution in [0.5, 0.6) is 11.5 Å². The third-order valence-electron chi connectivity index (χ3n) is 3.88. The highest BCUT2D eigenvalue weighted by Gasteiger charge is 2.17. The molecule has 0 bridgehead atoms. The third-order valence-corrected chi connectivity index (χ3v) is 4.50. The summed E-state index contributed by atoms with van der Waals surface area (Å²) in [6.07, 6.45) is 6.86. The highest BCUT2D eigenvalue weighted by molar-refractivity contribution is 9.10. The number of nitrogens with two attached hydrogens (primary N) is 1. The van der Waals surface area contributed by atoms with Crippen LogP contribution < -0.4 is 14.8 Å². The second kappa shape index (κ2) is 7.15. The number of ether oxygens (including phenoxy) is 2. The zero-order valence-corrected chi connectivity index (χ0v) is 13.3. The van der Waals surface area contributed by atoms with Gasteiger partial charge in [-0.3, -0.25) is 0 Å². The Morgan fingerprint density at radius 1 is 1.11 bits per heavy atom. The lowest BCUT2D eigenvalue weighted by Gasteiger charge is -2.20. The van der Waals surface area contributed by atoms with Crippen molar-refractivity contribution in [2.24, 2.45) is 0 Å². The van der Waals surface area contributed by atoms with Gasteiger partial charge in [0.2, 0.25) is 0 Å². The minimum atomic E-state index is 0.777. The van der Waals surface area contributed by atoms with Crippen molar-refractivity contribution < 1.29 is 14.8 Å². The van der Waals surface area contributed by atoms with E-state index in [1.807, 2.05) is 6.07 Å². The lowest BCUT2D eigenvalue weighted by atomic mass is 9.95. The van der Waals surface area contributed by atoms with Gasteiger partial charge in [-0.1, -0.05) is 6.42 Å². The molecule has 0 saturated heterocycles. The molecular weight excluding hydrogens is 306 g/mol. The molecule has 4 heteroatoms. The average Bonchev–Trinajstić information content (AvgIpc) is 2.46. The summed E-state index contributed by atoms with van der Waals surface area (Å²) in [5, 5.41) is 2.45. The minimum absolute atomic E-state index is 0.777. The molecule has 0 unspecified atom stereocenters. The molecule has 1 saturated carbocycles. The molecule has 0 spiro atoms. The van der Waals surface area contributed by atoms with Gasteiger partial charge in [-0.05, 0) is 47.7 Å². The number of quaternary nitrogens is 1. The number of hydrogen-bond acceptors (Lipinski definition) is 2. The molecule has 0 aromatic heterocycles. The first-order valence-corrected chi connectivity index (χ1v) is 7.77. The van der Waals surface area contributed by atoms with Gasteiger partial charge in [0.25, 0.3) is 0 Å². The number of rotatable bonds is 5. The van der Waals surface area contributed by atoms with Crippen LogP contribution in [-0.4, -0.2) is 20.3 Å². The van der Waals surface area contributed by atoms with E-state index >= 15 is 0 Å². The molecule has 3 nitrogen and oxygen atoms in total. The SMILES string of the molecule is COc1cc(OC)c(C[NH2+]C2CCCCC2)cc1Br. The lowest BCUT2D eigenvalue weighted by Crippen LogP contribution is -2.88. The van der Waals surface area contributed by atoms with Crippen molar-refractivity contribution >= 4 is 15.9 Å². The molecule has 1 aliphatic carbocycles. The van der Waals surface area contributed by atoms with Crippen LogP contribution >= 0.6 is 15.9 Å². The number of halogens is 1. The van der Waals surface area contributed by atoms with Crippen molar-refractivity contribution in [2.75, 3.05) is 14.2 Å². The van der Waals surface area contributed by atoms with E-state index in [1.165, 1.54) is 37.7 Å². The van der Waals surface area contributed by atoms with E-state index in [1.54, 1.807) is 14.2 Å². The van der Waals surface area contributed by atoms with Gasteiger partial charge in [-0.15, -0.1) is 0 Å². The van der Waals surface area contributed by atoms with E-state index in [0.717, 1.165) is 28.6 Å². The van der Waals surface area contributed by atoms with Gasteiger partial charge in [-0.2, -0.15) is 0 Å². The van der Waals surface area contributed by atoms with Crippen molar-refractivity contribution in [3.8, 4) is 11.5 Å². The first-order chi connectivity index (χ1) is 9.24. The summed E-state index contributed by atoms with van der Waals surface area (Å²) in [4.78, 5) is 0. The maximum Gasteiger partial charge on any atom is 0.136 e. The minimum Gasteiger partial charge on any atom is -0.496 e. The fourth-order valence-electron chi connectivity index (χ4n) is 2.75. The van der Waals surface area contributed by atoms with Crippen LogP contribution in [0.3, 0.4) is 0 Å². The molecule has 0 amide bonds. The van der Waals surface area contributed by atoms with Crippen LogP contribution in [0.4, 0.5) is 0 Å². The zero-order chi connectivity index (χ0) is 13.7. The van der Waals surface area contributed by atoms with E-state index in [4.69, 9.17) is 9.47 Å². The summed E-state index contributed by atoms with van der Waals surface area (Å²) in [7, 11) is 3.39. The Labute approximate surface area is 123 Å². The second-order valence-electron chi connectivity index (χ2n) is 5.14. The summed E-state index contributed by atoms with van der Waals surface area (Å²) in [6.45, 7) is 0.969. The maximum atomic E-state index is 5.46. The second-order valence-corrected chi connectivity index (χ2v) is 5.99. The molecule has 0 heterocycles. The maximum absolute atomic E-state index is 5.46. The molecule has 1 fully saturated rings. The molecule has 2 rings (SSSR count). The van der Waals surface area contributed by atoms with E-state index in [9.17, 15) is 0 Å². The van der Waals surface area contributed by atoms with Gasteiger partial charge in [0.15, 0.2) is 0 Å². The van der Waals surface area contributed by atoms with Gasteiger partial charge in [0, 0.05) is 11.6 Å². The summed E-state index contributed by atoms with van der Waals surface area (Å²) in [6, 6.07) is 4.84. The number of benzene rings is 1. The van der Waals surface area contributed by atoms with E-state index in [0.29, 0.717) is 0 Å². The number of methoxy groups -OCH3 is 2. The summed E-state index contributed by atoms with van der Waals surface area (Å²) in [5.41, 5.74) is 1.22. The predicted molar refractivity (Wildman–Crippen MR) is 79.7 cm³/mol. The molecular formula is C15H23BrNO2+. The van der Waals surface area contributed by atoms with Gasteiger partial charge < -0.3 is 14.8 Å². The number of hydrogen-bond donors (Lipinski definition) is 1. The van der Waals surface area contributed by atoms with Crippen LogP contribution in [0.25, 0.3) is 0 Å². The van der Waals surface area contributed by atoms with Crippen molar-refractivity contribution in [3.63, 3.8) is 0 Å². The Hall–Kier alpha value is -0.740. The largest absolute Gasteiger partial charge is 0.496 e. The van der Waals surface area contributed by atoms with Gasteiger partial charge in [-0.25, -0.2) is 0 Å². The topological polar surface area (TPSA) is 35.1 Å². The predicted octanol–water partition coefficient (Wildman–Crippen LogP) is 2.86. The Bertz CT molecular complexity index is 417. The molecule has 0 atom stereocenters. The molecule has 106 valence electrons. The van der Waals surface area contributed by atoms with Crippen molar-refractivity contribution in [1.82, 2.24) is 0 Å². The molecule has 19 heavy (non-hydrogen) atoms. The molecule has 1 aliphatic rings. The summed E-state index contributed by atoms with van der Waals surface area (Å²) < 4.78 is 11.8. The zero-order valence-electron chi connectivity index (χ0n) is 11.7. The first-order valence-electron chi connectivity index (χ1n) is 6.98. The quantitative estimate of drug-likeness (QED) is 0.902. The van der Waals surface area contributed by atoms with Crippen LogP contribution in [-0.2, 0) is 6.54 Å². The Morgan fingerprint density at radius 2 is 1.79 bits per heavy atom. The monoisotopic (exact) mass is 328 g/mol. The van der Waals surface area contributed by atoms with Crippen LogP contribution in [0.2, 0.25) is 0 Å². The summed E-state index contributed by atoms with van der Waals surface area (Å²) >= 11 is 3.54. The van der Waals surface area contributed by atoms with Gasteiger partial charge in [0.05, 0.1) is 24.7 Å². The Kier molecular flexibility index (Phi) is 5.52. The standard InChI is InChI=1S/C15H22BrNO2/c1-18-14-9-15(19-2)13(16)8-11(14)10-17-12-6-4-3-5-7-12/h8-9,12,17H,3-7,10H2,1-2H3/p+1. The average molecular weight is 329 g/mol. The van der Waals surface area contributed by atoms with E-state index in [2.05, 4.69) is 27.3 Å². The van der Waals surface area contributed by atoms with Crippen molar-refractivity contribution in [2.45, 2.75) is 44.7 Å². The molecule has 2 N–H and O–H groups in total. The van der Waals surface area contributed by atoms with Crippen molar-refractivity contribution in [1.29, 1.82) is 0 Å². The van der Waals surface area contributed by atoms with Gasteiger partial charge in [0.1, 0.15) is 18.0 Å². The van der Waals surface area contributed by atoms with Crippen LogP contribution in [0.1, 0.15) is 37.7 Å². The fourth-order valence-corrected chi connectivity index (χ4v) is 3.30. The molecule has 0 aliphatic heterocycles. The van der Waals surface area contributed by atoms with E-state index < -0.39 is 0 Å². The van der Waals surface area contributed by atoms with E-state index in [-0.39, 0.29) is 0 Å². The van der Waals surface area contributed by atoms with Gasteiger partial charge >= 0.3 is 0 Å². The Morgan fingerprint density at radius 3 is 2.42 bits per heavy atom. The molecule has 1 aromatic carbocycles. The van der Waals surface area contributed by atoms with Crippen LogP contribution in [0.15, 0.2) is 16.6 Å². The van der Waals surface area contributed by atoms with Crippen molar-refractivity contribution in [3.05, 3.63) is 22.2 Å². The normalized spacial score (nSPS) is 16.4. The molecule has 1 aromatic rings. The van der Waals surface area contributed by atoms with Crippen LogP contribution in [0, 0.1) is 0 Å². The highest BCUT2D eigenvalue weighted by atomic mass is 79.9. The highest BCUT2D eigenvalue weighted by Crippen LogP contribution is 2.32.